The average Bonchev–Trinajstić information content (AvgIpc) is 2.81. The fourth-order valence-electron chi connectivity index (χ4n) is 2.57. The van der Waals surface area contributed by atoms with Crippen LogP contribution in [-0.4, -0.2) is 30.5 Å². The van der Waals surface area contributed by atoms with Gasteiger partial charge in [0.15, 0.2) is 0 Å². The van der Waals surface area contributed by atoms with Gasteiger partial charge in [0.1, 0.15) is 0 Å². The third kappa shape index (κ3) is 10.1. The van der Waals surface area contributed by atoms with Crippen molar-refractivity contribution in [2.24, 2.45) is 17.8 Å². The van der Waals surface area contributed by atoms with E-state index >= 15 is 0 Å². The molecular formula is C15H18NNa3O6. The van der Waals surface area contributed by atoms with E-state index in [2.05, 4.69) is 5.32 Å². The molecule has 10 heteroatoms. The molecule has 0 radical (unpaired) electrons. The average molecular weight is 377 g/mol. The van der Waals surface area contributed by atoms with Gasteiger partial charge in [0.2, 0.25) is 0 Å². The zero-order valence-corrected chi connectivity index (χ0v) is 21.4. The minimum Gasteiger partial charge on any atom is -0.550 e. The van der Waals surface area contributed by atoms with Gasteiger partial charge in [0, 0.05) is 24.4 Å². The number of aliphatic carboxylic acids is 3. The maximum atomic E-state index is 11.0. The van der Waals surface area contributed by atoms with E-state index in [4.69, 9.17) is 0 Å². The molecule has 0 aromatic heterocycles. The van der Waals surface area contributed by atoms with Crippen molar-refractivity contribution in [2.75, 3.05) is 6.54 Å². The summed E-state index contributed by atoms with van der Waals surface area (Å²) < 4.78 is 0. The van der Waals surface area contributed by atoms with Crippen LogP contribution in [0.15, 0.2) is 23.8 Å². The minimum atomic E-state index is -1.34. The zero-order valence-electron chi connectivity index (χ0n) is 15.4. The number of nitrogens with one attached hydrogen (secondary N) is 1. The van der Waals surface area contributed by atoms with Gasteiger partial charge in [-0.2, -0.15) is 0 Å². The van der Waals surface area contributed by atoms with Crippen LogP contribution in [-0.2, 0) is 14.4 Å². The molecule has 0 aliphatic carbocycles. The van der Waals surface area contributed by atoms with Crippen LogP contribution in [0.1, 0.15) is 20.3 Å². The largest absolute Gasteiger partial charge is 1.00 e. The second kappa shape index (κ2) is 14.9. The van der Waals surface area contributed by atoms with Crippen LogP contribution < -0.4 is 109 Å². The van der Waals surface area contributed by atoms with Gasteiger partial charge in [0.25, 0.3) is 0 Å². The summed E-state index contributed by atoms with van der Waals surface area (Å²) in [4.78, 5) is 32.4. The minimum absolute atomic E-state index is 0. The van der Waals surface area contributed by atoms with Crippen LogP contribution in [0.5, 0.6) is 0 Å². The second-order valence-electron chi connectivity index (χ2n) is 5.45. The van der Waals surface area contributed by atoms with Crippen LogP contribution in [0.25, 0.3) is 0 Å². The van der Waals surface area contributed by atoms with Crippen molar-refractivity contribution in [1.82, 2.24) is 5.32 Å². The molecule has 7 nitrogen and oxygen atoms in total. The molecule has 0 aromatic rings. The van der Waals surface area contributed by atoms with Crippen LogP contribution >= 0.6 is 0 Å². The van der Waals surface area contributed by atoms with Gasteiger partial charge in [0.05, 0.1) is 12.0 Å². The number of carboxylic acids is 3. The maximum Gasteiger partial charge on any atom is 1.00 e. The van der Waals surface area contributed by atoms with Crippen LogP contribution in [0.4, 0.5) is 0 Å². The predicted octanol–water partition coefficient (Wildman–Crippen LogP) is -12.0. The molecule has 25 heavy (non-hydrogen) atoms. The molecule has 1 N–H and O–H groups in total. The van der Waals surface area contributed by atoms with E-state index in [-0.39, 0.29) is 101 Å². The molecular weight excluding hydrogens is 359 g/mol. The fraction of sp³-hybridized carbons (Fsp3) is 0.533. The van der Waals surface area contributed by atoms with E-state index < -0.39 is 35.8 Å². The SMILES string of the molecule is C/C(=C/C=C/[C@@H](C)C(=O)[O-])[C@H]1CN[C@H](C(=O)[O-])[C@H]1CC(=O)[O-].[Na+].[Na+].[Na+]. The molecule has 0 unspecified atom stereocenters. The van der Waals surface area contributed by atoms with Gasteiger partial charge < -0.3 is 35.0 Å². The van der Waals surface area contributed by atoms with Gasteiger partial charge in [-0.15, -0.1) is 0 Å². The molecule has 0 aromatic carbocycles. The molecule has 1 aliphatic rings. The van der Waals surface area contributed by atoms with Crippen LogP contribution in [0.3, 0.4) is 0 Å². The van der Waals surface area contributed by atoms with Crippen molar-refractivity contribution < 1.29 is 118 Å². The molecule has 1 aliphatic heterocycles. The summed E-state index contributed by atoms with van der Waals surface area (Å²) in [7, 11) is 0. The van der Waals surface area contributed by atoms with E-state index in [1.807, 2.05) is 0 Å². The van der Waals surface area contributed by atoms with Gasteiger partial charge in [-0.1, -0.05) is 30.7 Å². The molecule has 1 rings (SSSR count). The Morgan fingerprint density at radius 3 is 2.16 bits per heavy atom. The first kappa shape index (κ1) is 30.6. The molecule has 0 spiro atoms. The van der Waals surface area contributed by atoms with Gasteiger partial charge in [-0.3, -0.25) is 0 Å². The summed E-state index contributed by atoms with van der Waals surface area (Å²) in [6.07, 6.45) is 4.23. The van der Waals surface area contributed by atoms with Crippen molar-refractivity contribution in [3.05, 3.63) is 23.8 Å². The van der Waals surface area contributed by atoms with Crippen molar-refractivity contribution >= 4 is 17.9 Å². The number of carboxylic acid groups (broad SMARTS) is 3. The van der Waals surface area contributed by atoms with E-state index in [0.29, 0.717) is 6.54 Å². The number of carbonyl (C=O) groups is 3. The number of rotatable bonds is 7. The third-order valence-corrected chi connectivity index (χ3v) is 3.87. The topological polar surface area (TPSA) is 132 Å². The Labute approximate surface area is 213 Å². The normalized spacial score (nSPS) is 23.8. The molecule has 0 bridgehead atoms. The van der Waals surface area contributed by atoms with E-state index in [9.17, 15) is 29.7 Å². The van der Waals surface area contributed by atoms with Gasteiger partial charge in [-0.25, -0.2) is 0 Å². The zero-order chi connectivity index (χ0) is 16.9. The molecule has 0 saturated carbocycles. The molecule has 0 amide bonds. The second-order valence-corrected chi connectivity index (χ2v) is 5.45. The smallest absolute Gasteiger partial charge is 0.550 e. The molecule has 4 atom stereocenters. The van der Waals surface area contributed by atoms with Crippen molar-refractivity contribution in [1.29, 1.82) is 0 Å². The summed E-state index contributed by atoms with van der Waals surface area (Å²) in [5, 5.41) is 35.2. The first-order valence-corrected chi connectivity index (χ1v) is 6.94. The Balaban J connectivity index is -0.00000161. The Bertz CT molecular complexity index is 523. The Hall–Kier alpha value is 0.850. The summed E-state index contributed by atoms with van der Waals surface area (Å²) in [6, 6.07) is -1.04. The van der Waals surface area contributed by atoms with Crippen molar-refractivity contribution in [3.63, 3.8) is 0 Å². The Morgan fingerprint density at radius 1 is 1.16 bits per heavy atom. The van der Waals surface area contributed by atoms with E-state index in [0.717, 1.165) is 5.57 Å². The van der Waals surface area contributed by atoms with Crippen LogP contribution in [0.2, 0.25) is 0 Å². The number of hydrogen-bond donors (Lipinski definition) is 1. The molecule has 1 fully saturated rings. The Kier molecular flexibility index (Phi) is 18.2. The predicted molar refractivity (Wildman–Crippen MR) is 70.5 cm³/mol. The van der Waals surface area contributed by atoms with Crippen LogP contribution in [0, 0.1) is 17.8 Å². The number of allylic oxidation sites excluding steroid dienone is 2. The fourth-order valence-corrected chi connectivity index (χ4v) is 2.57. The summed E-state index contributed by atoms with van der Waals surface area (Å²) in [5.74, 6) is -5.58. The van der Waals surface area contributed by atoms with E-state index in [1.165, 1.54) is 19.1 Å². The summed E-state index contributed by atoms with van der Waals surface area (Å²) >= 11 is 0. The monoisotopic (exact) mass is 377 g/mol. The third-order valence-electron chi connectivity index (χ3n) is 3.87. The molecule has 1 heterocycles. The van der Waals surface area contributed by atoms with Gasteiger partial charge in [-0.05, 0) is 25.2 Å². The quantitative estimate of drug-likeness (QED) is 0.344. The number of carbonyl (C=O) groups excluding carboxylic acids is 3. The van der Waals surface area contributed by atoms with Crippen molar-refractivity contribution in [3.8, 4) is 0 Å². The summed E-state index contributed by atoms with van der Waals surface area (Å²) in [6.45, 7) is 3.51. The van der Waals surface area contributed by atoms with E-state index in [1.54, 1.807) is 13.0 Å². The van der Waals surface area contributed by atoms with Gasteiger partial charge >= 0.3 is 88.7 Å². The maximum absolute atomic E-state index is 11.0. The summed E-state index contributed by atoms with van der Waals surface area (Å²) in [5.41, 5.74) is 0.754. The Morgan fingerprint density at radius 2 is 1.72 bits per heavy atom. The van der Waals surface area contributed by atoms with Crippen molar-refractivity contribution in [2.45, 2.75) is 26.3 Å². The molecule has 1 saturated heterocycles. The first-order valence-electron chi connectivity index (χ1n) is 6.94. The molecule has 122 valence electrons. The number of hydrogen-bond acceptors (Lipinski definition) is 7. The standard InChI is InChI=1S/C15H21NO6.3Na/c1-8(4-3-5-9(2)14(19)20)11-7-16-13(15(21)22)10(11)6-12(17)18;;;/h3-5,9-11,13,16H,6-7H2,1-2H3,(H,17,18)(H,19,20)(H,21,22);;;/q;3*+1/p-3/b5-3+,8-4-;;;/t9-,10+,11-,13+;;;/m1.../s1. The first-order chi connectivity index (χ1) is 10.2.